The second kappa shape index (κ2) is 7.49. The van der Waals surface area contributed by atoms with Crippen LogP contribution in [0.25, 0.3) is 0 Å². The SMILES string of the molecule is COc1ccc(N2CCN(CC(=O)NCC(F)(F)F)C2=O)cc1OC. The molecule has 0 unspecified atom stereocenters. The number of hydrogen-bond donors (Lipinski definition) is 1. The van der Waals surface area contributed by atoms with E-state index in [4.69, 9.17) is 9.47 Å². The van der Waals surface area contributed by atoms with Crippen molar-refractivity contribution in [2.45, 2.75) is 6.18 Å². The van der Waals surface area contributed by atoms with Crippen molar-refractivity contribution in [2.24, 2.45) is 0 Å². The minimum Gasteiger partial charge on any atom is -0.493 e. The number of alkyl halides is 3. The Morgan fingerprint density at radius 3 is 2.48 bits per heavy atom. The molecule has 3 amide bonds. The largest absolute Gasteiger partial charge is 0.493 e. The van der Waals surface area contributed by atoms with Gasteiger partial charge < -0.3 is 19.7 Å². The standard InChI is InChI=1S/C15H18F3N3O4/c1-24-11-4-3-10(7-12(11)25-2)21-6-5-20(14(21)23)8-13(22)19-9-15(16,17)18/h3-4,7H,5-6,8-9H2,1-2H3,(H,19,22). The van der Waals surface area contributed by atoms with Crippen molar-refractivity contribution in [3.63, 3.8) is 0 Å². The van der Waals surface area contributed by atoms with Gasteiger partial charge >= 0.3 is 12.2 Å². The van der Waals surface area contributed by atoms with Crippen molar-refractivity contribution < 1.29 is 32.2 Å². The number of benzene rings is 1. The van der Waals surface area contributed by atoms with E-state index >= 15 is 0 Å². The number of amides is 3. The number of carbonyl (C=O) groups is 2. The van der Waals surface area contributed by atoms with Crippen LogP contribution < -0.4 is 19.7 Å². The van der Waals surface area contributed by atoms with Gasteiger partial charge in [-0.05, 0) is 12.1 Å². The molecule has 1 aliphatic heterocycles. The van der Waals surface area contributed by atoms with E-state index in [1.807, 2.05) is 0 Å². The normalized spacial score (nSPS) is 14.7. The molecule has 0 saturated carbocycles. The van der Waals surface area contributed by atoms with E-state index in [9.17, 15) is 22.8 Å². The van der Waals surface area contributed by atoms with Crippen LogP contribution in [0.1, 0.15) is 0 Å². The van der Waals surface area contributed by atoms with E-state index in [-0.39, 0.29) is 6.54 Å². The Bertz CT molecular complexity index is 651. The molecule has 7 nitrogen and oxygen atoms in total. The van der Waals surface area contributed by atoms with Gasteiger partial charge in [0.2, 0.25) is 5.91 Å². The minimum absolute atomic E-state index is 0.229. The van der Waals surface area contributed by atoms with Crippen molar-refractivity contribution >= 4 is 17.6 Å². The molecule has 0 spiro atoms. The highest BCUT2D eigenvalue weighted by Crippen LogP contribution is 2.32. The summed E-state index contributed by atoms with van der Waals surface area (Å²) in [6.45, 7) is -1.32. The van der Waals surface area contributed by atoms with Gasteiger partial charge in [0.25, 0.3) is 0 Å². The maximum atomic E-state index is 12.4. The fourth-order valence-corrected chi connectivity index (χ4v) is 2.39. The van der Waals surface area contributed by atoms with Crippen molar-refractivity contribution in [1.82, 2.24) is 10.2 Å². The molecule has 10 heteroatoms. The molecule has 138 valence electrons. The lowest BCUT2D eigenvalue weighted by molar-refractivity contribution is -0.138. The molecule has 0 bridgehead atoms. The molecule has 2 rings (SSSR count). The van der Waals surface area contributed by atoms with Gasteiger partial charge in [-0.3, -0.25) is 9.69 Å². The van der Waals surface area contributed by atoms with Crippen LogP contribution in [0.5, 0.6) is 11.5 Å². The monoisotopic (exact) mass is 361 g/mol. The number of urea groups is 1. The molecule has 0 aromatic heterocycles. The van der Waals surface area contributed by atoms with Gasteiger partial charge in [-0.1, -0.05) is 0 Å². The lowest BCUT2D eigenvalue weighted by atomic mass is 10.2. The summed E-state index contributed by atoms with van der Waals surface area (Å²) in [6, 6.07) is 4.45. The number of ether oxygens (including phenoxy) is 2. The molecular formula is C15H18F3N3O4. The Morgan fingerprint density at radius 1 is 1.20 bits per heavy atom. The number of anilines is 1. The lowest BCUT2D eigenvalue weighted by Gasteiger charge is -2.19. The van der Waals surface area contributed by atoms with Crippen LogP contribution in [-0.4, -0.2) is 63.4 Å². The number of halogens is 3. The van der Waals surface area contributed by atoms with Crippen LogP contribution in [0.15, 0.2) is 18.2 Å². The molecule has 0 atom stereocenters. The maximum absolute atomic E-state index is 12.4. The van der Waals surface area contributed by atoms with Gasteiger partial charge in [-0.2, -0.15) is 13.2 Å². The Labute approximate surface area is 142 Å². The fourth-order valence-electron chi connectivity index (χ4n) is 2.39. The predicted molar refractivity (Wildman–Crippen MR) is 82.9 cm³/mol. The Morgan fingerprint density at radius 2 is 1.88 bits per heavy atom. The molecule has 0 aliphatic carbocycles. The lowest BCUT2D eigenvalue weighted by Crippen LogP contribution is -2.42. The van der Waals surface area contributed by atoms with Gasteiger partial charge in [0.1, 0.15) is 13.1 Å². The zero-order chi connectivity index (χ0) is 18.6. The summed E-state index contributed by atoms with van der Waals surface area (Å²) in [7, 11) is 2.95. The fraction of sp³-hybridized carbons (Fsp3) is 0.467. The molecule has 1 aliphatic rings. The molecule has 1 saturated heterocycles. The van der Waals surface area contributed by atoms with Crippen LogP contribution in [0.4, 0.5) is 23.7 Å². The topological polar surface area (TPSA) is 71.1 Å². The average Bonchev–Trinajstić information content (AvgIpc) is 2.92. The van der Waals surface area contributed by atoms with Crippen molar-refractivity contribution in [2.75, 3.05) is 45.3 Å². The highest BCUT2D eigenvalue weighted by molar-refractivity contribution is 5.96. The highest BCUT2D eigenvalue weighted by atomic mass is 19.4. The third-order valence-corrected chi connectivity index (χ3v) is 3.59. The smallest absolute Gasteiger partial charge is 0.405 e. The summed E-state index contributed by atoms with van der Waals surface area (Å²) in [5, 5.41) is 1.75. The quantitative estimate of drug-likeness (QED) is 0.836. The van der Waals surface area contributed by atoms with Crippen LogP contribution in [0.2, 0.25) is 0 Å². The first-order valence-electron chi connectivity index (χ1n) is 7.37. The second-order valence-electron chi connectivity index (χ2n) is 5.29. The molecule has 1 aromatic rings. The van der Waals surface area contributed by atoms with Gasteiger partial charge in [0, 0.05) is 24.8 Å². The summed E-state index contributed by atoms with van der Waals surface area (Å²) in [5.41, 5.74) is 0.542. The second-order valence-corrected chi connectivity index (χ2v) is 5.29. The van der Waals surface area contributed by atoms with E-state index in [0.717, 1.165) is 0 Å². The third kappa shape index (κ3) is 4.68. The number of nitrogens with zero attached hydrogens (tertiary/aromatic N) is 2. The third-order valence-electron chi connectivity index (χ3n) is 3.59. The Kier molecular flexibility index (Phi) is 5.60. The Balaban J connectivity index is 2.00. The zero-order valence-corrected chi connectivity index (χ0v) is 13.7. The van der Waals surface area contributed by atoms with Crippen LogP contribution in [0.3, 0.4) is 0 Å². The van der Waals surface area contributed by atoms with Crippen LogP contribution in [0, 0.1) is 0 Å². The number of methoxy groups -OCH3 is 2. The summed E-state index contributed by atoms with van der Waals surface area (Å²) >= 11 is 0. The summed E-state index contributed by atoms with van der Waals surface area (Å²) in [6.07, 6.45) is -4.49. The van der Waals surface area contributed by atoms with E-state index in [0.29, 0.717) is 23.7 Å². The first-order valence-corrected chi connectivity index (χ1v) is 7.37. The number of carbonyl (C=O) groups excluding carboxylic acids is 2. The summed E-state index contributed by atoms with van der Waals surface area (Å²) < 4.78 is 46.6. The van der Waals surface area contributed by atoms with Crippen LogP contribution in [-0.2, 0) is 4.79 Å². The number of nitrogens with one attached hydrogen (secondary N) is 1. The molecule has 1 aromatic carbocycles. The first kappa shape index (κ1) is 18.7. The molecule has 1 fully saturated rings. The summed E-state index contributed by atoms with van der Waals surface area (Å²) in [5.74, 6) is 0.0790. The van der Waals surface area contributed by atoms with Gasteiger partial charge in [-0.15, -0.1) is 0 Å². The number of hydrogen-bond acceptors (Lipinski definition) is 4. The van der Waals surface area contributed by atoms with E-state index in [2.05, 4.69) is 0 Å². The van der Waals surface area contributed by atoms with E-state index in [1.165, 1.54) is 24.0 Å². The minimum atomic E-state index is -4.49. The molecule has 25 heavy (non-hydrogen) atoms. The van der Waals surface area contributed by atoms with Gasteiger partial charge in [0.05, 0.1) is 14.2 Å². The van der Waals surface area contributed by atoms with Gasteiger partial charge in [-0.25, -0.2) is 4.79 Å². The van der Waals surface area contributed by atoms with E-state index < -0.39 is 31.2 Å². The molecular weight excluding hydrogens is 343 g/mol. The number of rotatable bonds is 6. The Hall–Kier alpha value is -2.65. The van der Waals surface area contributed by atoms with E-state index in [1.54, 1.807) is 23.5 Å². The van der Waals surface area contributed by atoms with Crippen molar-refractivity contribution in [1.29, 1.82) is 0 Å². The molecule has 1 heterocycles. The van der Waals surface area contributed by atoms with Crippen molar-refractivity contribution in [3.05, 3.63) is 18.2 Å². The average molecular weight is 361 g/mol. The first-order chi connectivity index (χ1) is 11.7. The predicted octanol–water partition coefficient (Wildman–Crippen LogP) is 1.62. The van der Waals surface area contributed by atoms with Gasteiger partial charge in [0.15, 0.2) is 11.5 Å². The molecule has 0 radical (unpaired) electrons. The zero-order valence-electron chi connectivity index (χ0n) is 13.7. The highest BCUT2D eigenvalue weighted by Gasteiger charge is 2.33. The van der Waals surface area contributed by atoms with Crippen molar-refractivity contribution in [3.8, 4) is 11.5 Å². The van der Waals surface area contributed by atoms with Crippen LogP contribution >= 0.6 is 0 Å². The molecule has 1 N–H and O–H groups in total. The maximum Gasteiger partial charge on any atom is 0.405 e. The summed E-state index contributed by atoms with van der Waals surface area (Å²) in [4.78, 5) is 26.5.